The van der Waals surface area contributed by atoms with Crippen LogP contribution >= 0.6 is 0 Å². The van der Waals surface area contributed by atoms with Crippen LogP contribution in [0.2, 0.25) is 0 Å². The Morgan fingerprint density at radius 2 is 1.89 bits per heavy atom. The van der Waals surface area contributed by atoms with Crippen molar-refractivity contribution in [2.75, 3.05) is 6.61 Å². The monoisotopic (exact) mass is 255 g/mol. The van der Waals surface area contributed by atoms with E-state index >= 15 is 0 Å². The number of ether oxygens (including phenoxy) is 2. The van der Waals surface area contributed by atoms with E-state index in [1.807, 2.05) is 40.7 Å². The van der Waals surface area contributed by atoms with E-state index in [0.717, 1.165) is 0 Å². The molecule has 0 saturated heterocycles. The van der Waals surface area contributed by atoms with E-state index in [2.05, 4.69) is 6.58 Å². The van der Waals surface area contributed by atoms with Crippen LogP contribution < -0.4 is 5.73 Å². The minimum Gasteiger partial charge on any atom is -0.485 e. The molecule has 1 aliphatic rings. The molecule has 104 valence electrons. The molecule has 0 aliphatic carbocycles. The molecule has 0 saturated carbocycles. The predicted molar refractivity (Wildman–Crippen MR) is 74.8 cm³/mol. The minimum atomic E-state index is -0.725. The van der Waals surface area contributed by atoms with E-state index in [1.54, 1.807) is 6.08 Å². The zero-order chi connectivity index (χ0) is 14.6. The van der Waals surface area contributed by atoms with Gasteiger partial charge in [0.2, 0.25) is 6.10 Å². The molecule has 1 atom stereocenters. The molecule has 18 heavy (non-hydrogen) atoms. The summed E-state index contributed by atoms with van der Waals surface area (Å²) in [4.78, 5) is 10.8. The lowest BCUT2D eigenvalue weighted by Crippen LogP contribution is -2.37. The molecule has 1 amide bonds. The summed E-state index contributed by atoms with van der Waals surface area (Å²) in [6.07, 6.45) is 4.32. The number of amides is 1. The zero-order valence-electron chi connectivity index (χ0n) is 12.0. The normalized spacial score (nSPS) is 17.5. The smallest absolute Gasteiger partial charge is 0.262 e. The fourth-order valence-electron chi connectivity index (χ4n) is 1.05. The summed E-state index contributed by atoms with van der Waals surface area (Å²) in [5.74, 6) is 0.474. The Morgan fingerprint density at radius 1 is 1.33 bits per heavy atom. The van der Waals surface area contributed by atoms with Crippen molar-refractivity contribution in [3.63, 3.8) is 0 Å². The van der Waals surface area contributed by atoms with Crippen molar-refractivity contribution in [2.24, 2.45) is 5.73 Å². The highest BCUT2D eigenvalue weighted by Crippen LogP contribution is 2.19. The van der Waals surface area contributed by atoms with Crippen molar-refractivity contribution in [3.05, 3.63) is 36.3 Å². The highest BCUT2D eigenvalue weighted by atomic mass is 16.6. The van der Waals surface area contributed by atoms with Crippen LogP contribution in [-0.2, 0) is 14.3 Å². The van der Waals surface area contributed by atoms with Crippen molar-refractivity contribution in [2.45, 2.75) is 40.7 Å². The van der Waals surface area contributed by atoms with Crippen LogP contribution in [0.4, 0.5) is 0 Å². The number of carbonyl (C=O) groups excluding carboxylic acids is 1. The Bertz CT molecular complexity index is 306. The highest BCUT2D eigenvalue weighted by Gasteiger charge is 2.24. The van der Waals surface area contributed by atoms with Crippen LogP contribution in [0.3, 0.4) is 0 Å². The largest absolute Gasteiger partial charge is 0.485 e. The summed E-state index contributed by atoms with van der Waals surface area (Å²) >= 11 is 0. The topological polar surface area (TPSA) is 61.5 Å². The standard InChI is InChI=1S/C10H13NO3.2C2H6/c1-3-5-8-7(4-2)14-9(6-13-8)10(11)12;2*1-2/h3-5,9H,2,6H2,1H3,(H2,11,12);2*1-2H3/b5-3-;;. The van der Waals surface area contributed by atoms with Gasteiger partial charge in [-0.3, -0.25) is 4.79 Å². The SMILES string of the molecule is C=CC1=C(/C=C\C)OCC(C(N)=O)O1.CC.CC. The molecule has 1 unspecified atom stereocenters. The van der Waals surface area contributed by atoms with Crippen LogP contribution in [-0.4, -0.2) is 18.6 Å². The lowest BCUT2D eigenvalue weighted by molar-refractivity contribution is -0.131. The molecule has 2 N–H and O–H groups in total. The van der Waals surface area contributed by atoms with Gasteiger partial charge in [-0.2, -0.15) is 0 Å². The van der Waals surface area contributed by atoms with E-state index in [0.29, 0.717) is 11.5 Å². The van der Waals surface area contributed by atoms with Gasteiger partial charge in [0.1, 0.15) is 6.61 Å². The van der Waals surface area contributed by atoms with E-state index in [4.69, 9.17) is 15.2 Å². The lowest BCUT2D eigenvalue weighted by atomic mass is 10.2. The van der Waals surface area contributed by atoms with E-state index < -0.39 is 12.0 Å². The van der Waals surface area contributed by atoms with E-state index in [9.17, 15) is 4.79 Å². The number of hydrogen-bond acceptors (Lipinski definition) is 3. The van der Waals surface area contributed by atoms with Crippen molar-refractivity contribution in [1.82, 2.24) is 0 Å². The first-order valence-electron chi connectivity index (χ1n) is 6.27. The first-order chi connectivity index (χ1) is 8.69. The summed E-state index contributed by atoms with van der Waals surface area (Å²) in [5, 5.41) is 0. The summed E-state index contributed by atoms with van der Waals surface area (Å²) in [7, 11) is 0. The molecule has 1 heterocycles. The van der Waals surface area contributed by atoms with E-state index in [-0.39, 0.29) is 6.61 Å². The number of carbonyl (C=O) groups is 1. The molecule has 0 spiro atoms. The van der Waals surface area contributed by atoms with Gasteiger partial charge in [-0.25, -0.2) is 0 Å². The van der Waals surface area contributed by atoms with Gasteiger partial charge in [0.05, 0.1) is 0 Å². The third kappa shape index (κ3) is 6.13. The third-order valence-electron chi connectivity index (χ3n) is 1.72. The van der Waals surface area contributed by atoms with Crippen molar-refractivity contribution in [3.8, 4) is 0 Å². The summed E-state index contributed by atoms with van der Waals surface area (Å²) in [5.41, 5.74) is 5.08. The lowest BCUT2D eigenvalue weighted by Gasteiger charge is -2.24. The van der Waals surface area contributed by atoms with Crippen LogP contribution in [0, 0.1) is 0 Å². The molecule has 1 rings (SSSR count). The summed E-state index contributed by atoms with van der Waals surface area (Å²) in [6, 6.07) is 0. The van der Waals surface area contributed by atoms with Gasteiger partial charge in [0, 0.05) is 0 Å². The number of nitrogens with two attached hydrogens (primary N) is 1. The average Bonchev–Trinajstić information content (AvgIpc) is 2.43. The molecule has 4 heteroatoms. The maximum absolute atomic E-state index is 10.8. The number of hydrogen-bond donors (Lipinski definition) is 1. The Balaban J connectivity index is 0. The fourth-order valence-corrected chi connectivity index (χ4v) is 1.05. The van der Waals surface area contributed by atoms with Gasteiger partial charge in [-0.05, 0) is 19.1 Å². The Kier molecular flexibility index (Phi) is 12.2. The van der Waals surface area contributed by atoms with Gasteiger partial charge in [0.25, 0.3) is 5.91 Å². The van der Waals surface area contributed by atoms with Crippen LogP contribution in [0.25, 0.3) is 0 Å². The molecule has 1 aliphatic heterocycles. The van der Waals surface area contributed by atoms with Gasteiger partial charge in [0.15, 0.2) is 11.5 Å². The molecule has 0 bridgehead atoms. The molecular formula is C14H25NO3. The predicted octanol–water partition coefficient (Wildman–Crippen LogP) is 2.91. The second kappa shape index (κ2) is 11.8. The quantitative estimate of drug-likeness (QED) is 0.843. The third-order valence-corrected chi connectivity index (χ3v) is 1.72. The maximum atomic E-state index is 10.8. The molecule has 0 radical (unpaired) electrons. The first kappa shape index (κ1) is 18.6. The first-order valence-corrected chi connectivity index (χ1v) is 6.27. The average molecular weight is 255 g/mol. The molecule has 0 aromatic heterocycles. The number of allylic oxidation sites excluding steroid dienone is 3. The number of primary amides is 1. The number of rotatable bonds is 3. The molecule has 0 aromatic carbocycles. The molecular weight excluding hydrogens is 230 g/mol. The molecule has 0 aromatic rings. The van der Waals surface area contributed by atoms with Crippen LogP contribution in [0.1, 0.15) is 34.6 Å². The Labute approximate surface area is 110 Å². The van der Waals surface area contributed by atoms with E-state index in [1.165, 1.54) is 6.08 Å². The summed E-state index contributed by atoms with van der Waals surface area (Å²) < 4.78 is 10.6. The van der Waals surface area contributed by atoms with Gasteiger partial charge in [-0.1, -0.05) is 40.3 Å². The van der Waals surface area contributed by atoms with Crippen molar-refractivity contribution < 1.29 is 14.3 Å². The van der Waals surface area contributed by atoms with Crippen LogP contribution in [0.15, 0.2) is 36.3 Å². The second-order valence-corrected chi connectivity index (χ2v) is 2.75. The Hall–Kier alpha value is -1.71. The van der Waals surface area contributed by atoms with Crippen molar-refractivity contribution in [1.29, 1.82) is 0 Å². The van der Waals surface area contributed by atoms with Gasteiger partial charge in [-0.15, -0.1) is 0 Å². The minimum absolute atomic E-state index is 0.145. The summed E-state index contributed by atoms with van der Waals surface area (Å²) in [6.45, 7) is 13.6. The van der Waals surface area contributed by atoms with Crippen molar-refractivity contribution >= 4 is 5.91 Å². The molecule has 4 nitrogen and oxygen atoms in total. The van der Waals surface area contributed by atoms with Crippen LogP contribution in [0.5, 0.6) is 0 Å². The second-order valence-electron chi connectivity index (χ2n) is 2.75. The van der Waals surface area contributed by atoms with Gasteiger partial charge < -0.3 is 15.2 Å². The Morgan fingerprint density at radius 3 is 2.28 bits per heavy atom. The van der Waals surface area contributed by atoms with Gasteiger partial charge >= 0.3 is 0 Å². The highest BCUT2D eigenvalue weighted by molar-refractivity contribution is 5.79. The maximum Gasteiger partial charge on any atom is 0.262 e. The fraction of sp³-hybridized carbons (Fsp3) is 0.500. The zero-order valence-corrected chi connectivity index (χ0v) is 12.0. The molecule has 0 fully saturated rings.